The van der Waals surface area contributed by atoms with E-state index in [2.05, 4.69) is 11.7 Å². The molecular weight excluding hydrogens is 228 g/mol. The van der Waals surface area contributed by atoms with Gasteiger partial charge < -0.3 is 9.84 Å². The molecule has 3 nitrogen and oxygen atoms in total. The predicted molar refractivity (Wildman–Crippen MR) is 74.4 cm³/mol. The summed E-state index contributed by atoms with van der Waals surface area (Å²) in [5, 5.41) is 9.72. The van der Waals surface area contributed by atoms with Gasteiger partial charge in [-0.2, -0.15) is 0 Å². The second-order valence-corrected chi connectivity index (χ2v) is 4.68. The molecule has 0 saturated carbocycles. The molecule has 0 amide bonds. The quantitative estimate of drug-likeness (QED) is 0.349. The molecule has 18 heavy (non-hydrogen) atoms. The first-order valence-corrected chi connectivity index (χ1v) is 7.10. The van der Waals surface area contributed by atoms with Gasteiger partial charge in [-0.05, 0) is 19.3 Å². The van der Waals surface area contributed by atoms with Crippen molar-refractivity contribution in [3.05, 3.63) is 12.2 Å². The van der Waals surface area contributed by atoms with E-state index < -0.39 is 0 Å². The highest BCUT2D eigenvalue weighted by molar-refractivity contribution is 5.69. The van der Waals surface area contributed by atoms with E-state index in [-0.39, 0.29) is 12.1 Å². The van der Waals surface area contributed by atoms with Crippen LogP contribution in [0.4, 0.5) is 0 Å². The molecule has 0 fully saturated rings. The van der Waals surface area contributed by atoms with Crippen LogP contribution in [0.1, 0.15) is 64.7 Å². The fourth-order valence-electron chi connectivity index (χ4n) is 1.78. The van der Waals surface area contributed by atoms with Crippen molar-refractivity contribution >= 4 is 5.97 Å². The van der Waals surface area contributed by atoms with E-state index in [1.807, 2.05) is 12.2 Å². The lowest BCUT2D eigenvalue weighted by Crippen LogP contribution is -2.04. The van der Waals surface area contributed by atoms with Crippen molar-refractivity contribution < 1.29 is 14.6 Å². The molecular formula is C15H28O3. The van der Waals surface area contributed by atoms with Crippen molar-refractivity contribution in [1.82, 2.24) is 0 Å². The average molecular weight is 256 g/mol. The maximum absolute atomic E-state index is 10.8. The Morgan fingerprint density at radius 1 is 1.22 bits per heavy atom. The van der Waals surface area contributed by atoms with Crippen LogP contribution < -0.4 is 0 Å². The van der Waals surface area contributed by atoms with Crippen molar-refractivity contribution in [2.24, 2.45) is 0 Å². The second-order valence-electron chi connectivity index (χ2n) is 4.68. The van der Waals surface area contributed by atoms with Gasteiger partial charge >= 0.3 is 5.97 Å². The maximum Gasteiger partial charge on any atom is 0.305 e. The summed E-state index contributed by atoms with van der Waals surface area (Å²) in [5.41, 5.74) is 0. The number of unbranched alkanes of at least 4 members (excludes halogenated alkanes) is 4. The zero-order chi connectivity index (χ0) is 13.6. The van der Waals surface area contributed by atoms with Crippen LogP contribution in [-0.4, -0.2) is 24.3 Å². The molecule has 0 aliphatic rings. The summed E-state index contributed by atoms with van der Waals surface area (Å²) in [6, 6.07) is 0. The van der Waals surface area contributed by atoms with E-state index in [9.17, 15) is 9.90 Å². The lowest BCUT2D eigenvalue weighted by Gasteiger charge is -2.07. The third-order valence-electron chi connectivity index (χ3n) is 2.96. The number of aliphatic hydroxyl groups excluding tert-OH is 1. The second kappa shape index (κ2) is 12.6. The molecule has 1 unspecified atom stereocenters. The molecule has 0 aliphatic heterocycles. The lowest BCUT2D eigenvalue weighted by atomic mass is 10.1. The van der Waals surface area contributed by atoms with Gasteiger partial charge in [-0.3, -0.25) is 4.79 Å². The smallest absolute Gasteiger partial charge is 0.305 e. The standard InChI is InChI=1S/C15H28O3/c1-3-4-5-6-8-11-14(16)12-9-7-10-13-15(17)18-2/h7,9,14,16H,3-6,8,10-13H2,1-2H3. The molecule has 0 radical (unpaired) electrons. The van der Waals surface area contributed by atoms with Crippen LogP contribution in [0.5, 0.6) is 0 Å². The molecule has 0 bridgehead atoms. The number of carbonyl (C=O) groups is 1. The van der Waals surface area contributed by atoms with Crippen LogP contribution >= 0.6 is 0 Å². The Balaban J connectivity index is 3.37. The summed E-state index contributed by atoms with van der Waals surface area (Å²) in [4.78, 5) is 10.8. The van der Waals surface area contributed by atoms with Gasteiger partial charge in [0.05, 0.1) is 13.2 Å². The van der Waals surface area contributed by atoms with Gasteiger partial charge in [0.1, 0.15) is 0 Å². The Morgan fingerprint density at radius 3 is 2.61 bits per heavy atom. The van der Waals surface area contributed by atoms with Crippen molar-refractivity contribution in [1.29, 1.82) is 0 Å². The molecule has 0 aromatic heterocycles. The average Bonchev–Trinajstić information content (AvgIpc) is 2.37. The Labute approximate surface area is 111 Å². The first-order valence-electron chi connectivity index (χ1n) is 7.10. The molecule has 1 N–H and O–H groups in total. The first-order chi connectivity index (χ1) is 8.70. The van der Waals surface area contributed by atoms with Crippen molar-refractivity contribution in [3.8, 4) is 0 Å². The van der Waals surface area contributed by atoms with Crippen LogP contribution in [0.25, 0.3) is 0 Å². The number of rotatable bonds is 11. The molecule has 0 spiro atoms. The van der Waals surface area contributed by atoms with E-state index in [1.54, 1.807) is 0 Å². The number of esters is 1. The van der Waals surface area contributed by atoms with Gasteiger partial charge in [-0.25, -0.2) is 0 Å². The van der Waals surface area contributed by atoms with E-state index in [4.69, 9.17) is 0 Å². The van der Waals surface area contributed by atoms with Crippen LogP contribution in [0.15, 0.2) is 12.2 Å². The Bertz CT molecular complexity index is 224. The monoisotopic (exact) mass is 256 g/mol. The summed E-state index contributed by atoms with van der Waals surface area (Å²) >= 11 is 0. The van der Waals surface area contributed by atoms with Gasteiger partial charge in [0.15, 0.2) is 0 Å². The Morgan fingerprint density at radius 2 is 1.94 bits per heavy atom. The number of aliphatic hydroxyl groups is 1. The number of carbonyl (C=O) groups excluding carboxylic acids is 1. The summed E-state index contributed by atoms with van der Waals surface area (Å²) in [5.74, 6) is -0.184. The van der Waals surface area contributed by atoms with E-state index >= 15 is 0 Å². The highest BCUT2D eigenvalue weighted by Gasteiger charge is 2.01. The molecule has 106 valence electrons. The minimum atomic E-state index is -0.235. The third kappa shape index (κ3) is 11.6. The summed E-state index contributed by atoms with van der Waals surface area (Å²) in [7, 11) is 1.40. The summed E-state index contributed by atoms with van der Waals surface area (Å²) in [6.07, 6.45) is 12.5. The maximum atomic E-state index is 10.8. The molecule has 0 heterocycles. The van der Waals surface area contributed by atoms with Crippen LogP contribution in [0, 0.1) is 0 Å². The fourth-order valence-corrected chi connectivity index (χ4v) is 1.78. The number of ether oxygens (including phenoxy) is 1. The number of allylic oxidation sites excluding steroid dienone is 1. The highest BCUT2D eigenvalue weighted by Crippen LogP contribution is 2.09. The Hall–Kier alpha value is -0.830. The van der Waals surface area contributed by atoms with Crippen LogP contribution in [0.3, 0.4) is 0 Å². The topological polar surface area (TPSA) is 46.5 Å². The minimum Gasteiger partial charge on any atom is -0.469 e. The lowest BCUT2D eigenvalue weighted by molar-refractivity contribution is -0.140. The van der Waals surface area contributed by atoms with E-state index in [1.165, 1.54) is 32.8 Å². The van der Waals surface area contributed by atoms with Gasteiger partial charge in [0.2, 0.25) is 0 Å². The molecule has 0 aromatic carbocycles. The third-order valence-corrected chi connectivity index (χ3v) is 2.96. The van der Waals surface area contributed by atoms with Crippen molar-refractivity contribution in [2.45, 2.75) is 70.8 Å². The molecule has 0 aliphatic carbocycles. The summed E-state index contributed by atoms with van der Waals surface area (Å²) < 4.78 is 4.54. The number of hydrogen-bond donors (Lipinski definition) is 1. The van der Waals surface area contributed by atoms with Gasteiger partial charge in [-0.15, -0.1) is 0 Å². The van der Waals surface area contributed by atoms with Crippen LogP contribution in [-0.2, 0) is 9.53 Å². The van der Waals surface area contributed by atoms with Gasteiger partial charge in [-0.1, -0.05) is 51.2 Å². The van der Waals surface area contributed by atoms with E-state index in [0.29, 0.717) is 19.3 Å². The van der Waals surface area contributed by atoms with E-state index in [0.717, 1.165) is 12.8 Å². The van der Waals surface area contributed by atoms with Crippen molar-refractivity contribution in [2.75, 3.05) is 7.11 Å². The zero-order valence-corrected chi connectivity index (χ0v) is 11.9. The fraction of sp³-hybridized carbons (Fsp3) is 0.800. The molecule has 0 aromatic rings. The Kier molecular flexibility index (Phi) is 12.0. The largest absolute Gasteiger partial charge is 0.469 e. The van der Waals surface area contributed by atoms with Gasteiger partial charge in [0.25, 0.3) is 0 Å². The number of methoxy groups -OCH3 is 1. The summed E-state index contributed by atoms with van der Waals surface area (Å²) in [6.45, 7) is 2.20. The molecule has 0 saturated heterocycles. The molecule has 0 rings (SSSR count). The highest BCUT2D eigenvalue weighted by atomic mass is 16.5. The molecule has 3 heteroatoms. The predicted octanol–water partition coefficient (Wildman–Crippen LogP) is 3.61. The first kappa shape index (κ1) is 17.2. The molecule has 1 atom stereocenters. The zero-order valence-electron chi connectivity index (χ0n) is 11.9. The van der Waals surface area contributed by atoms with Crippen molar-refractivity contribution in [3.63, 3.8) is 0 Å². The van der Waals surface area contributed by atoms with Crippen LogP contribution in [0.2, 0.25) is 0 Å². The normalized spacial score (nSPS) is 12.8. The number of hydrogen-bond acceptors (Lipinski definition) is 3. The SMILES string of the molecule is CCCCCCCC(O)CC=CCCC(=O)OC. The minimum absolute atomic E-state index is 0.184. The van der Waals surface area contributed by atoms with Gasteiger partial charge in [0, 0.05) is 6.42 Å².